The Balaban J connectivity index is 2.20. The zero-order chi connectivity index (χ0) is 15.3. The van der Waals surface area contributed by atoms with Crippen LogP contribution in [-0.4, -0.2) is 39.6 Å². The highest BCUT2D eigenvalue weighted by molar-refractivity contribution is 7.91. The summed E-state index contributed by atoms with van der Waals surface area (Å²) < 4.78 is 23.5. The minimum atomic E-state index is -2.89. The molecule has 21 heavy (non-hydrogen) atoms. The molecule has 0 atom stereocenters. The van der Waals surface area contributed by atoms with Crippen molar-refractivity contribution in [3.63, 3.8) is 0 Å². The minimum Gasteiger partial charge on any atom is -0.370 e. The van der Waals surface area contributed by atoms with Gasteiger partial charge in [0.25, 0.3) is 0 Å². The second-order valence-corrected chi connectivity index (χ2v) is 8.12. The highest BCUT2D eigenvalue weighted by Gasteiger charge is 2.21. The van der Waals surface area contributed by atoms with Crippen LogP contribution < -0.4 is 10.2 Å². The molecule has 0 amide bonds. The zero-order valence-electron chi connectivity index (χ0n) is 12.4. The summed E-state index contributed by atoms with van der Waals surface area (Å²) in [5.41, 5.74) is 2.12. The lowest BCUT2D eigenvalue weighted by Crippen LogP contribution is -2.28. The lowest BCUT2D eigenvalue weighted by atomic mass is 10.1. The first-order valence-corrected chi connectivity index (χ1v) is 9.67. The highest BCUT2D eigenvalue weighted by atomic mass is 35.5. The van der Waals surface area contributed by atoms with Gasteiger partial charge in [0.15, 0.2) is 9.84 Å². The first-order valence-electron chi connectivity index (χ1n) is 7.47. The molecule has 1 N–H and O–H groups in total. The Morgan fingerprint density at radius 1 is 1.29 bits per heavy atom. The van der Waals surface area contributed by atoms with E-state index in [1.54, 1.807) is 0 Å². The summed E-state index contributed by atoms with van der Waals surface area (Å²) in [5, 5.41) is 4.11. The van der Waals surface area contributed by atoms with Crippen molar-refractivity contribution in [2.45, 2.75) is 26.3 Å². The fraction of sp³-hybridized carbons (Fsp3) is 0.600. The SMILES string of the molecule is CCCNCc1c(Cl)cccc1N1CCCS(=O)(=O)CC1. The minimum absolute atomic E-state index is 0.224. The fourth-order valence-electron chi connectivity index (χ4n) is 2.59. The van der Waals surface area contributed by atoms with E-state index in [1.807, 2.05) is 18.2 Å². The molecule has 1 aliphatic heterocycles. The van der Waals surface area contributed by atoms with E-state index in [2.05, 4.69) is 17.1 Å². The number of hydrogen-bond acceptors (Lipinski definition) is 4. The molecule has 0 bridgehead atoms. The predicted molar refractivity (Wildman–Crippen MR) is 88.9 cm³/mol. The molecule has 1 heterocycles. The van der Waals surface area contributed by atoms with Gasteiger partial charge in [0.05, 0.1) is 11.5 Å². The Labute approximate surface area is 132 Å². The van der Waals surface area contributed by atoms with Crippen LogP contribution >= 0.6 is 11.6 Å². The normalized spacial score (nSPS) is 18.5. The van der Waals surface area contributed by atoms with E-state index in [4.69, 9.17) is 11.6 Å². The molecule has 118 valence electrons. The van der Waals surface area contributed by atoms with Crippen LogP contribution in [0.2, 0.25) is 5.02 Å². The lowest BCUT2D eigenvalue weighted by molar-refractivity contribution is 0.597. The number of nitrogens with one attached hydrogen (secondary N) is 1. The van der Waals surface area contributed by atoms with Gasteiger partial charge in [-0.3, -0.25) is 0 Å². The standard InChI is InChI=1S/C15H23ClN2O2S/c1-2-7-17-12-13-14(16)5-3-6-15(13)18-8-4-10-21(19,20)11-9-18/h3,5-6,17H,2,4,7-12H2,1H3. The number of hydrogen-bond donors (Lipinski definition) is 1. The number of sulfone groups is 1. The van der Waals surface area contributed by atoms with E-state index in [-0.39, 0.29) is 11.5 Å². The lowest BCUT2D eigenvalue weighted by Gasteiger charge is -2.25. The van der Waals surface area contributed by atoms with Gasteiger partial charge in [-0.15, -0.1) is 0 Å². The van der Waals surface area contributed by atoms with Crippen LogP contribution in [0.25, 0.3) is 0 Å². The van der Waals surface area contributed by atoms with Gasteiger partial charge >= 0.3 is 0 Å². The van der Waals surface area contributed by atoms with Crippen LogP contribution in [0.4, 0.5) is 5.69 Å². The molecule has 4 nitrogen and oxygen atoms in total. The van der Waals surface area contributed by atoms with E-state index < -0.39 is 9.84 Å². The molecule has 0 radical (unpaired) electrons. The summed E-state index contributed by atoms with van der Waals surface area (Å²) in [6.45, 7) is 5.09. The number of benzene rings is 1. The third kappa shape index (κ3) is 4.59. The maximum Gasteiger partial charge on any atom is 0.152 e. The van der Waals surface area contributed by atoms with Crippen molar-refractivity contribution in [3.05, 3.63) is 28.8 Å². The summed E-state index contributed by atoms with van der Waals surface area (Å²) in [4.78, 5) is 2.15. The monoisotopic (exact) mass is 330 g/mol. The first-order chi connectivity index (χ1) is 10.0. The second-order valence-electron chi connectivity index (χ2n) is 5.41. The van der Waals surface area contributed by atoms with Crippen molar-refractivity contribution in [2.24, 2.45) is 0 Å². The molecule has 0 aliphatic carbocycles. The summed E-state index contributed by atoms with van der Waals surface area (Å²) in [7, 11) is -2.89. The second kappa shape index (κ2) is 7.47. The van der Waals surface area contributed by atoms with E-state index in [1.165, 1.54) is 0 Å². The van der Waals surface area contributed by atoms with Gasteiger partial charge in [0, 0.05) is 35.9 Å². The molecule has 6 heteroatoms. The van der Waals surface area contributed by atoms with Gasteiger partial charge in [-0.1, -0.05) is 24.6 Å². The Bertz CT molecular complexity index is 575. The van der Waals surface area contributed by atoms with Gasteiger partial charge in [-0.05, 0) is 31.5 Å². The van der Waals surface area contributed by atoms with Crippen LogP contribution in [0.5, 0.6) is 0 Å². The summed E-state index contributed by atoms with van der Waals surface area (Å²) in [6.07, 6.45) is 1.75. The topological polar surface area (TPSA) is 49.4 Å². The zero-order valence-corrected chi connectivity index (χ0v) is 14.0. The number of anilines is 1. The Morgan fingerprint density at radius 2 is 2.10 bits per heavy atom. The van der Waals surface area contributed by atoms with Crippen molar-refractivity contribution in [1.82, 2.24) is 5.32 Å². The average molecular weight is 331 g/mol. The quantitative estimate of drug-likeness (QED) is 0.843. The Morgan fingerprint density at radius 3 is 2.86 bits per heavy atom. The first kappa shape index (κ1) is 16.6. The Kier molecular flexibility index (Phi) is 5.90. The van der Waals surface area contributed by atoms with E-state index in [9.17, 15) is 8.42 Å². The number of rotatable bonds is 5. The van der Waals surface area contributed by atoms with Crippen molar-refractivity contribution >= 4 is 27.1 Å². The van der Waals surface area contributed by atoms with Gasteiger partial charge in [-0.25, -0.2) is 8.42 Å². The van der Waals surface area contributed by atoms with E-state index in [0.717, 1.165) is 35.8 Å². The van der Waals surface area contributed by atoms with Crippen molar-refractivity contribution < 1.29 is 8.42 Å². The smallest absolute Gasteiger partial charge is 0.152 e. The third-order valence-electron chi connectivity index (χ3n) is 3.72. The van der Waals surface area contributed by atoms with E-state index >= 15 is 0 Å². The van der Waals surface area contributed by atoms with Gasteiger partial charge in [0.2, 0.25) is 0 Å². The molecule has 1 aromatic carbocycles. The summed E-state index contributed by atoms with van der Waals surface area (Å²) >= 11 is 6.34. The molecule has 2 rings (SSSR count). The van der Waals surface area contributed by atoms with Crippen molar-refractivity contribution in [3.8, 4) is 0 Å². The van der Waals surface area contributed by atoms with Gasteiger partial charge in [-0.2, -0.15) is 0 Å². The maximum atomic E-state index is 11.7. The molecule has 1 aliphatic rings. The van der Waals surface area contributed by atoms with Crippen LogP contribution in [0.3, 0.4) is 0 Å². The molecule has 0 aromatic heterocycles. The molecule has 1 aromatic rings. The largest absolute Gasteiger partial charge is 0.370 e. The van der Waals surface area contributed by atoms with Crippen molar-refractivity contribution in [1.29, 1.82) is 0 Å². The van der Waals surface area contributed by atoms with Gasteiger partial charge in [0.1, 0.15) is 0 Å². The molecule has 1 fully saturated rings. The molecular formula is C15H23ClN2O2S. The number of nitrogens with zero attached hydrogens (tertiary/aromatic N) is 1. The van der Waals surface area contributed by atoms with Crippen LogP contribution in [0, 0.1) is 0 Å². The molecule has 0 saturated carbocycles. The predicted octanol–water partition coefficient (Wildman–Crippen LogP) is 2.46. The third-order valence-corrected chi connectivity index (χ3v) is 5.79. The van der Waals surface area contributed by atoms with Crippen molar-refractivity contribution in [2.75, 3.05) is 36.0 Å². The molecular weight excluding hydrogens is 308 g/mol. The van der Waals surface area contributed by atoms with Crippen LogP contribution in [0.15, 0.2) is 18.2 Å². The highest BCUT2D eigenvalue weighted by Crippen LogP contribution is 2.28. The summed E-state index contributed by atoms with van der Waals surface area (Å²) in [6, 6.07) is 5.86. The molecule has 0 unspecified atom stereocenters. The van der Waals surface area contributed by atoms with Crippen LogP contribution in [-0.2, 0) is 16.4 Å². The maximum absolute atomic E-state index is 11.7. The van der Waals surface area contributed by atoms with Gasteiger partial charge < -0.3 is 10.2 Å². The average Bonchev–Trinajstić information content (AvgIpc) is 2.62. The molecule has 0 spiro atoms. The van der Waals surface area contributed by atoms with Crippen LogP contribution in [0.1, 0.15) is 25.3 Å². The molecule has 1 saturated heterocycles. The fourth-order valence-corrected chi connectivity index (χ4v) is 4.10. The Hall–Kier alpha value is -0.780. The summed E-state index contributed by atoms with van der Waals surface area (Å²) in [5.74, 6) is 0.509. The van der Waals surface area contributed by atoms with E-state index in [0.29, 0.717) is 19.5 Å². The number of halogens is 1.